The van der Waals surface area contributed by atoms with Crippen molar-refractivity contribution in [1.82, 2.24) is 5.32 Å². The lowest BCUT2D eigenvalue weighted by atomic mass is 10.1. The molecule has 0 saturated heterocycles. The zero-order chi connectivity index (χ0) is 11.8. The molecule has 0 radical (unpaired) electrons. The van der Waals surface area contributed by atoms with Crippen LogP contribution in [0.25, 0.3) is 0 Å². The second kappa shape index (κ2) is 7.65. The summed E-state index contributed by atoms with van der Waals surface area (Å²) in [4.78, 5) is 11.3. The van der Waals surface area contributed by atoms with Gasteiger partial charge in [0.1, 0.15) is 12.8 Å². The Bertz CT molecular complexity index is 181. The Morgan fingerprint density at radius 1 is 1.33 bits per heavy atom. The van der Waals surface area contributed by atoms with Gasteiger partial charge in [0, 0.05) is 0 Å². The van der Waals surface area contributed by atoms with Crippen LogP contribution < -0.4 is 11.1 Å². The molecule has 4 heteroatoms. The van der Waals surface area contributed by atoms with E-state index < -0.39 is 6.04 Å². The summed E-state index contributed by atoms with van der Waals surface area (Å²) in [6.07, 6.45) is 1.08. The largest absolute Gasteiger partial charge is 0.449 e. The van der Waals surface area contributed by atoms with Crippen molar-refractivity contribution in [2.24, 2.45) is 17.6 Å². The van der Waals surface area contributed by atoms with E-state index in [0.717, 1.165) is 13.0 Å². The maximum Gasteiger partial charge on any atom is 0.324 e. The zero-order valence-corrected chi connectivity index (χ0v) is 10.2. The number of rotatable bonds is 7. The van der Waals surface area contributed by atoms with E-state index in [1.54, 1.807) is 0 Å². The highest BCUT2D eigenvalue weighted by molar-refractivity contribution is 5.75. The van der Waals surface area contributed by atoms with Gasteiger partial charge in [-0.3, -0.25) is 10.1 Å². The molecule has 0 aromatic heterocycles. The summed E-state index contributed by atoms with van der Waals surface area (Å²) in [6, 6.07) is -0.517. The molecule has 0 bridgehead atoms. The highest BCUT2D eigenvalue weighted by atomic mass is 16.5. The van der Waals surface area contributed by atoms with Crippen molar-refractivity contribution in [2.75, 3.05) is 13.3 Å². The lowest BCUT2D eigenvalue weighted by Gasteiger charge is -2.14. The number of nitrogens with one attached hydrogen (secondary N) is 1. The highest BCUT2D eigenvalue weighted by Crippen LogP contribution is 2.00. The molecule has 0 spiro atoms. The van der Waals surface area contributed by atoms with Gasteiger partial charge in [0.15, 0.2) is 0 Å². The van der Waals surface area contributed by atoms with Crippen LogP contribution in [0.3, 0.4) is 0 Å². The number of hydrogen-bond donors (Lipinski definition) is 2. The molecular weight excluding hydrogens is 192 g/mol. The molecule has 0 aliphatic rings. The number of carbonyl (C=O) groups is 1. The van der Waals surface area contributed by atoms with Crippen LogP contribution in [0.15, 0.2) is 0 Å². The molecule has 4 nitrogen and oxygen atoms in total. The average molecular weight is 216 g/mol. The van der Waals surface area contributed by atoms with Gasteiger partial charge in [-0.05, 0) is 24.8 Å². The van der Waals surface area contributed by atoms with Crippen LogP contribution in [0.2, 0.25) is 0 Å². The van der Waals surface area contributed by atoms with Crippen molar-refractivity contribution >= 4 is 5.97 Å². The lowest BCUT2D eigenvalue weighted by molar-refractivity contribution is -0.147. The molecule has 1 atom stereocenters. The van der Waals surface area contributed by atoms with Crippen molar-refractivity contribution in [3.63, 3.8) is 0 Å². The van der Waals surface area contributed by atoms with Gasteiger partial charge in [0.25, 0.3) is 0 Å². The van der Waals surface area contributed by atoms with Crippen molar-refractivity contribution in [3.05, 3.63) is 0 Å². The van der Waals surface area contributed by atoms with Gasteiger partial charge in [-0.15, -0.1) is 0 Å². The molecule has 0 aromatic rings. The molecule has 90 valence electrons. The Hall–Kier alpha value is -0.610. The molecule has 1 unspecified atom stereocenters. The predicted octanol–water partition coefficient (Wildman–Crippen LogP) is 1.11. The van der Waals surface area contributed by atoms with E-state index in [4.69, 9.17) is 10.5 Å². The Labute approximate surface area is 92.6 Å². The first-order valence-electron chi connectivity index (χ1n) is 5.58. The van der Waals surface area contributed by atoms with Gasteiger partial charge >= 0.3 is 5.97 Å². The van der Waals surface area contributed by atoms with Gasteiger partial charge in [-0.2, -0.15) is 0 Å². The summed E-state index contributed by atoms with van der Waals surface area (Å²) in [5.41, 5.74) is 5.62. The maximum atomic E-state index is 11.3. The molecule has 3 N–H and O–H groups in total. The summed E-state index contributed by atoms with van der Waals surface area (Å²) < 4.78 is 4.97. The summed E-state index contributed by atoms with van der Waals surface area (Å²) >= 11 is 0. The Balaban J connectivity index is 3.47. The minimum atomic E-state index is -0.517. The fourth-order valence-corrected chi connectivity index (χ4v) is 0.953. The molecule has 0 aromatic carbocycles. The van der Waals surface area contributed by atoms with Crippen LogP contribution in [0, 0.1) is 11.8 Å². The minimum absolute atomic E-state index is 0.119. The number of esters is 1. The van der Waals surface area contributed by atoms with Crippen LogP contribution in [0.1, 0.15) is 34.1 Å². The average Bonchev–Trinajstić information content (AvgIpc) is 2.15. The topological polar surface area (TPSA) is 64.3 Å². The number of nitrogens with two attached hydrogens (primary N) is 1. The molecule has 0 heterocycles. The lowest BCUT2D eigenvalue weighted by Crippen LogP contribution is -2.38. The minimum Gasteiger partial charge on any atom is -0.449 e. The Kier molecular flexibility index (Phi) is 7.34. The molecule has 0 fully saturated rings. The molecule has 0 aliphatic carbocycles. The zero-order valence-electron chi connectivity index (χ0n) is 10.2. The van der Waals surface area contributed by atoms with Crippen LogP contribution in [-0.4, -0.2) is 25.3 Å². The third-order valence-corrected chi connectivity index (χ3v) is 2.21. The number of hydrogen-bond acceptors (Lipinski definition) is 4. The van der Waals surface area contributed by atoms with E-state index in [0.29, 0.717) is 5.92 Å². The van der Waals surface area contributed by atoms with E-state index >= 15 is 0 Å². The Morgan fingerprint density at radius 3 is 2.40 bits per heavy atom. The molecule has 0 aliphatic heterocycles. The van der Waals surface area contributed by atoms with Crippen molar-refractivity contribution in [2.45, 2.75) is 40.2 Å². The third kappa shape index (κ3) is 7.33. The summed E-state index contributed by atoms with van der Waals surface area (Å²) in [6.45, 7) is 9.23. The van der Waals surface area contributed by atoms with E-state index in [-0.39, 0.29) is 18.6 Å². The molecule has 0 saturated carbocycles. The van der Waals surface area contributed by atoms with Crippen LogP contribution in [0.5, 0.6) is 0 Å². The fourth-order valence-electron chi connectivity index (χ4n) is 0.953. The van der Waals surface area contributed by atoms with Crippen LogP contribution >= 0.6 is 0 Å². The molecule has 15 heavy (non-hydrogen) atoms. The van der Waals surface area contributed by atoms with Gasteiger partial charge in [0.2, 0.25) is 0 Å². The quantitative estimate of drug-likeness (QED) is 0.380. The first-order valence-corrected chi connectivity index (χ1v) is 5.58. The van der Waals surface area contributed by atoms with Gasteiger partial charge < -0.3 is 10.5 Å². The van der Waals surface area contributed by atoms with E-state index in [2.05, 4.69) is 19.2 Å². The summed E-state index contributed by atoms with van der Waals surface area (Å²) in [5, 5.41) is 3.04. The van der Waals surface area contributed by atoms with Crippen molar-refractivity contribution in [1.29, 1.82) is 0 Å². The predicted molar refractivity (Wildman–Crippen MR) is 61.2 cm³/mol. The van der Waals surface area contributed by atoms with Gasteiger partial charge in [-0.1, -0.05) is 27.7 Å². The van der Waals surface area contributed by atoms with E-state index in [1.165, 1.54) is 0 Å². The van der Waals surface area contributed by atoms with Crippen molar-refractivity contribution < 1.29 is 9.53 Å². The maximum absolute atomic E-state index is 11.3. The van der Waals surface area contributed by atoms with Crippen LogP contribution in [-0.2, 0) is 9.53 Å². The van der Waals surface area contributed by atoms with Gasteiger partial charge in [0.05, 0.1) is 0 Å². The van der Waals surface area contributed by atoms with Crippen LogP contribution in [0.4, 0.5) is 0 Å². The monoisotopic (exact) mass is 216 g/mol. The molecule has 0 amide bonds. The molecular formula is C11H24N2O2. The smallest absolute Gasteiger partial charge is 0.324 e. The fraction of sp³-hybridized carbons (Fsp3) is 0.909. The van der Waals surface area contributed by atoms with E-state index in [9.17, 15) is 4.79 Å². The van der Waals surface area contributed by atoms with Crippen molar-refractivity contribution in [3.8, 4) is 0 Å². The number of ether oxygens (including phenoxy) is 1. The summed E-state index contributed by atoms with van der Waals surface area (Å²) in [7, 11) is 0. The second-order valence-corrected chi connectivity index (χ2v) is 4.56. The second-order valence-electron chi connectivity index (χ2n) is 4.56. The summed E-state index contributed by atoms with van der Waals surface area (Å²) in [5.74, 6) is 0.446. The first kappa shape index (κ1) is 14.4. The SMILES string of the molecule is CC(C)CCNCOC(=O)C(N)C(C)C. The standard InChI is InChI=1S/C11H24N2O2/c1-8(2)5-6-13-7-15-11(14)10(12)9(3)4/h8-10,13H,5-7,12H2,1-4H3. The first-order chi connectivity index (χ1) is 6.95. The Morgan fingerprint density at radius 2 is 1.93 bits per heavy atom. The third-order valence-electron chi connectivity index (χ3n) is 2.21. The highest BCUT2D eigenvalue weighted by Gasteiger charge is 2.18. The number of carbonyl (C=O) groups excluding carboxylic acids is 1. The normalized spacial score (nSPS) is 13.3. The van der Waals surface area contributed by atoms with Gasteiger partial charge in [-0.25, -0.2) is 0 Å². The van der Waals surface area contributed by atoms with E-state index in [1.807, 2.05) is 13.8 Å². The molecule has 0 rings (SSSR count).